The SMILES string of the molecule is COc1ccc(C(=O)N[C@]2(C)CC3(CCN(CC(N)=O)CC3)OC[C@H]2O)c(F)c1. The topological polar surface area (TPSA) is 114 Å². The molecular formula is C20H28FN3O5. The summed E-state index contributed by atoms with van der Waals surface area (Å²) in [5.41, 5.74) is 3.65. The third-order valence-electron chi connectivity index (χ3n) is 5.94. The number of hydrogen-bond donors (Lipinski definition) is 3. The van der Waals surface area contributed by atoms with Crippen LogP contribution >= 0.6 is 0 Å². The average Bonchev–Trinajstić information content (AvgIpc) is 2.66. The zero-order valence-corrected chi connectivity index (χ0v) is 16.7. The molecule has 2 fully saturated rings. The number of ether oxygens (including phenoxy) is 2. The van der Waals surface area contributed by atoms with Crippen molar-refractivity contribution in [3.05, 3.63) is 29.6 Å². The van der Waals surface area contributed by atoms with E-state index in [4.69, 9.17) is 15.2 Å². The van der Waals surface area contributed by atoms with Gasteiger partial charge in [-0.15, -0.1) is 0 Å². The lowest BCUT2D eigenvalue weighted by atomic mass is 9.74. The van der Waals surface area contributed by atoms with E-state index in [1.54, 1.807) is 6.92 Å². The molecule has 0 aliphatic carbocycles. The van der Waals surface area contributed by atoms with Gasteiger partial charge in [0.2, 0.25) is 5.91 Å². The monoisotopic (exact) mass is 409 g/mol. The van der Waals surface area contributed by atoms with E-state index < -0.39 is 29.0 Å². The molecule has 2 aliphatic heterocycles. The van der Waals surface area contributed by atoms with E-state index in [0.717, 1.165) is 6.07 Å². The smallest absolute Gasteiger partial charge is 0.254 e. The highest BCUT2D eigenvalue weighted by atomic mass is 19.1. The molecule has 0 radical (unpaired) electrons. The van der Waals surface area contributed by atoms with Gasteiger partial charge < -0.3 is 25.6 Å². The summed E-state index contributed by atoms with van der Waals surface area (Å²) in [4.78, 5) is 25.8. The van der Waals surface area contributed by atoms with Gasteiger partial charge in [0, 0.05) is 25.6 Å². The van der Waals surface area contributed by atoms with Gasteiger partial charge in [-0.05, 0) is 31.9 Å². The van der Waals surface area contributed by atoms with Crippen LogP contribution < -0.4 is 15.8 Å². The summed E-state index contributed by atoms with van der Waals surface area (Å²) in [6.07, 6.45) is 0.752. The number of halogens is 1. The summed E-state index contributed by atoms with van der Waals surface area (Å²) in [5, 5.41) is 13.4. The van der Waals surface area contributed by atoms with E-state index in [-0.39, 0.29) is 24.6 Å². The second kappa shape index (κ2) is 8.25. The Hall–Kier alpha value is -2.23. The highest BCUT2D eigenvalue weighted by Gasteiger charge is 2.50. The number of benzene rings is 1. The van der Waals surface area contributed by atoms with E-state index >= 15 is 0 Å². The van der Waals surface area contributed by atoms with E-state index in [2.05, 4.69) is 5.32 Å². The summed E-state index contributed by atoms with van der Waals surface area (Å²) in [7, 11) is 1.42. The number of piperidine rings is 1. The van der Waals surface area contributed by atoms with Crippen molar-refractivity contribution in [2.24, 2.45) is 5.73 Å². The fourth-order valence-corrected chi connectivity index (χ4v) is 4.20. The van der Waals surface area contributed by atoms with Gasteiger partial charge >= 0.3 is 0 Å². The molecule has 0 aromatic heterocycles. The predicted molar refractivity (Wildman–Crippen MR) is 103 cm³/mol. The zero-order chi connectivity index (χ0) is 21.2. The van der Waals surface area contributed by atoms with Gasteiger partial charge in [0.1, 0.15) is 17.7 Å². The molecule has 1 spiro atoms. The van der Waals surface area contributed by atoms with Crippen molar-refractivity contribution in [1.82, 2.24) is 10.2 Å². The van der Waals surface area contributed by atoms with E-state index in [9.17, 15) is 19.1 Å². The standard InChI is InChI=1S/C20H28FN3O5/c1-19(23-18(27)14-4-3-13(28-2)9-15(14)21)12-20(29-11-16(19)25)5-7-24(8-6-20)10-17(22)26/h3-4,9,16,25H,5-8,10-12H2,1-2H3,(H2,22,26)(H,23,27)/t16-,19-/m1/s1. The summed E-state index contributed by atoms with van der Waals surface area (Å²) >= 11 is 0. The van der Waals surface area contributed by atoms with E-state index in [1.807, 2.05) is 4.90 Å². The highest BCUT2D eigenvalue weighted by molar-refractivity contribution is 5.95. The molecule has 2 heterocycles. The second-order valence-electron chi connectivity index (χ2n) is 8.15. The van der Waals surface area contributed by atoms with Crippen LogP contribution in [0.4, 0.5) is 4.39 Å². The number of hydrogen-bond acceptors (Lipinski definition) is 6. The summed E-state index contributed by atoms with van der Waals surface area (Å²) in [6, 6.07) is 4.01. The van der Waals surface area contributed by atoms with Crippen molar-refractivity contribution >= 4 is 11.8 Å². The van der Waals surface area contributed by atoms with Crippen LogP contribution in [0.15, 0.2) is 18.2 Å². The molecule has 2 aliphatic rings. The van der Waals surface area contributed by atoms with Crippen molar-refractivity contribution in [2.75, 3.05) is 33.4 Å². The van der Waals surface area contributed by atoms with Crippen LogP contribution in [-0.2, 0) is 9.53 Å². The lowest BCUT2D eigenvalue weighted by Crippen LogP contribution is -2.65. The number of nitrogens with zero attached hydrogens (tertiary/aromatic N) is 1. The first-order valence-electron chi connectivity index (χ1n) is 9.65. The molecule has 0 bridgehead atoms. The van der Waals surface area contributed by atoms with Gasteiger partial charge in [-0.1, -0.05) is 0 Å². The fourth-order valence-electron chi connectivity index (χ4n) is 4.20. The van der Waals surface area contributed by atoms with Crippen LogP contribution in [0.3, 0.4) is 0 Å². The normalized spacial score (nSPS) is 26.8. The van der Waals surface area contributed by atoms with Crippen LogP contribution in [0.25, 0.3) is 0 Å². The Morgan fingerprint density at radius 1 is 1.41 bits per heavy atom. The number of amides is 2. The Balaban J connectivity index is 1.71. The van der Waals surface area contributed by atoms with Gasteiger partial charge in [-0.3, -0.25) is 14.5 Å². The van der Waals surface area contributed by atoms with Crippen molar-refractivity contribution in [1.29, 1.82) is 0 Å². The summed E-state index contributed by atoms with van der Waals surface area (Å²) < 4.78 is 25.2. The van der Waals surface area contributed by atoms with Gasteiger partial charge in [0.25, 0.3) is 5.91 Å². The number of nitrogens with two attached hydrogens (primary N) is 1. The molecule has 0 saturated carbocycles. The number of aliphatic hydroxyl groups is 1. The Labute approximate surface area is 169 Å². The number of carbonyl (C=O) groups excluding carboxylic acids is 2. The molecule has 2 saturated heterocycles. The van der Waals surface area contributed by atoms with E-state index in [1.165, 1.54) is 19.2 Å². The quantitative estimate of drug-likeness (QED) is 0.650. The average molecular weight is 409 g/mol. The predicted octanol–water partition coefficient (Wildman–Crippen LogP) is 0.424. The van der Waals surface area contributed by atoms with Gasteiger partial charge in [-0.25, -0.2) is 4.39 Å². The summed E-state index contributed by atoms with van der Waals surface area (Å²) in [6.45, 7) is 3.28. The molecular weight excluding hydrogens is 381 g/mol. The maximum atomic E-state index is 14.3. The Morgan fingerprint density at radius 3 is 2.69 bits per heavy atom. The molecule has 29 heavy (non-hydrogen) atoms. The molecule has 8 nitrogen and oxygen atoms in total. The first kappa shape index (κ1) is 21.5. The van der Waals surface area contributed by atoms with Crippen molar-refractivity contribution in [3.8, 4) is 5.75 Å². The largest absolute Gasteiger partial charge is 0.497 e. The minimum absolute atomic E-state index is 0.0672. The molecule has 4 N–H and O–H groups in total. The molecule has 1 aromatic rings. The first-order chi connectivity index (χ1) is 13.7. The van der Waals surface area contributed by atoms with Crippen LogP contribution in [0.5, 0.6) is 5.75 Å². The Morgan fingerprint density at radius 2 is 2.10 bits per heavy atom. The maximum Gasteiger partial charge on any atom is 0.254 e. The zero-order valence-electron chi connectivity index (χ0n) is 16.7. The summed E-state index contributed by atoms with van der Waals surface area (Å²) in [5.74, 6) is -1.35. The lowest BCUT2D eigenvalue weighted by molar-refractivity contribution is -0.177. The van der Waals surface area contributed by atoms with Crippen LogP contribution in [0.2, 0.25) is 0 Å². The number of carbonyl (C=O) groups is 2. The number of rotatable bonds is 5. The third-order valence-corrected chi connectivity index (χ3v) is 5.94. The third kappa shape index (κ3) is 4.68. The molecule has 160 valence electrons. The number of nitrogens with one attached hydrogen (secondary N) is 1. The fraction of sp³-hybridized carbons (Fsp3) is 0.600. The van der Waals surface area contributed by atoms with Crippen molar-refractivity contribution < 1.29 is 28.6 Å². The van der Waals surface area contributed by atoms with E-state index in [0.29, 0.717) is 38.1 Å². The molecule has 0 unspecified atom stereocenters. The van der Waals surface area contributed by atoms with Crippen molar-refractivity contribution in [2.45, 2.75) is 43.4 Å². The van der Waals surface area contributed by atoms with Crippen LogP contribution in [-0.4, -0.2) is 72.4 Å². The van der Waals surface area contributed by atoms with Crippen LogP contribution in [0, 0.1) is 5.82 Å². The number of methoxy groups -OCH3 is 1. The lowest BCUT2D eigenvalue weighted by Gasteiger charge is -2.51. The molecule has 2 atom stereocenters. The van der Waals surface area contributed by atoms with Crippen LogP contribution in [0.1, 0.15) is 36.5 Å². The first-order valence-corrected chi connectivity index (χ1v) is 9.65. The van der Waals surface area contributed by atoms with Gasteiger partial charge in [0.05, 0.1) is 37.0 Å². The molecule has 1 aromatic carbocycles. The Bertz CT molecular complexity index is 781. The molecule has 9 heteroatoms. The minimum atomic E-state index is -0.979. The maximum absolute atomic E-state index is 14.3. The number of aliphatic hydroxyl groups excluding tert-OH is 1. The second-order valence-corrected chi connectivity index (χ2v) is 8.15. The Kier molecular flexibility index (Phi) is 6.11. The van der Waals surface area contributed by atoms with Gasteiger partial charge in [-0.2, -0.15) is 0 Å². The number of primary amides is 1. The highest BCUT2D eigenvalue weighted by Crippen LogP contribution is 2.39. The number of likely N-dealkylation sites (tertiary alicyclic amines) is 1. The van der Waals surface area contributed by atoms with Gasteiger partial charge in [0.15, 0.2) is 0 Å². The molecule has 2 amide bonds. The minimum Gasteiger partial charge on any atom is -0.497 e. The molecule has 3 rings (SSSR count). The van der Waals surface area contributed by atoms with Crippen molar-refractivity contribution in [3.63, 3.8) is 0 Å².